The van der Waals surface area contributed by atoms with Crippen molar-refractivity contribution < 1.29 is 13.2 Å². The highest BCUT2D eigenvalue weighted by atomic mass is 79.9. The van der Waals surface area contributed by atoms with Gasteiger partial charge in [0.15, 0.2) is 4.60 Å². The first-order valence-electron chi connectivity index (χ1n) is 5.93. The summed E-state index contributed by atoms with van der Waals surface area (Å²) in [4.78, 5) is 0. The summed E-state index contributed by atoms with van der Waals surface area (Å²) in [6.07, 6.45) is 1.29. The molecule has 0 radical (unpaired) electrons. The Balaban J connectivity index is 2.18. The molecule has 0 bridgehead atoms. The van der Waals surface area contributed by atoms with Crippen molar-refractivity contribution in [1.29, 1.82) is 0 Å². The van der Waals surface area contributed by atoms with Crippen LogP contribution in [0.2, 0.25) is 0 Å². The number of aryl methyl sites for hydroxylation is 1. The van der Waals surface area contributed by atoms with Gasteiger partial charge in [0, 0.05) is 19.7 Å². The van der Waals surface area contributed by atoms with Gasteiger partial charge in [-0.2, -0.15) is 0 Å². The zero-order chi connectivity index (χ0) is 14.3. The lowest BCUT2D eigenvalue weighted by Gasteiger charge is -2.35. The number of nitrogens with zero attached hydrogens (tertiary/aromatic N) is 3. The van der Waals surface area contributed by atoms with E-state index < -0.39 is 10.0 Å². The van der Waals surface area contributed by atoms with E-state index in [1.807, 2.05) is 13.8 Å². The van der Waals surface area contributed by atoms with Crippen molar-refractivity contribution in [3.05, 3.63) is 4.60 Å². The summed E-state index contributed by atoms with van der Waals surface area (Å²) in [5.74, 6) is 0. The van der Waals surface area contributed by atoms with E-state index in [9.17, 15) is 8.42 Å². The third-order valence-electron chi connectivity index (χ3n) is 3.01. The number of rotatable bonds is 3. The molecule has 19 heavy (non-hydrogen) atoms. The summed E-state index contributed by atoms with van der Waals surface area (Å²) in [7, 11) is -2.10. The van der Waals surface area contributed by atoms with Crippen LogP contribution >= 0.6 is 15.9 Å². The molecule has 0 aliphatic carbocycles. The monoisotopic (exact) mass is 352 g/mol. The summed E-state index contributed by atoms with van der Waals surface area (Å²) in [6, 6.07) is -0.143. The van der Waals surface area contributed by atoms with E-state index in [4.69, 9.17) is 4.74 Å². The zero-order valence-corrected chi connectivity index (χ0v) is 13.5. The SMILES string of the molecule is Cn1nnc(Br)c1S(=O)(=O)NC1CCOC(C)(C)C1. The van der Waals surface area contributed by atoms with Crippen LogP contribution in [0.5, 0.6) is 0 Å². The molecule has 0 saturated carbocycles. The van der Waals surface area contributed by atoms with Gasteiger partial charge in [0.1, 0.15) is 0 Å². The van der Waals surface area contributed by atoms with Crippen LogP contribution in [0, 0.1) is 0 Å². The third-order valence-corrected chi connectivity index (χ3v) is 5.42. The second kappa shape index (κ2) is 5.12. The van der Waals surface area contributed by atoms with E-state index in [2.05, 4.69) is 31.0 Å². The van der Waals surface area contributed by atoms with Crippen LogP contribution in [0.15, 0.2) is 9.63 Å². The van der Waals surface area contributed by atoms with Crippen LogP contribution in [0.4, 0.5) is 0 Å². The van der Waals surface area contributed by atoms with Crippen molar-refractivity contribution in [3.63, 3.8) is 0 Å². The van der Waals surface area contributed by atoms with E-state index in [1.165, 1.54) is 4.68 Å². The molecule has 1 atom stereocenters. The van der Waals surface area contributed by atoms with Crippen molar-refractivity contribution in [2.45, 2.75) is 43.4 Å². The Labute approximate surface area is 120 Å². The van der Waals surface area contributed by atoms with Crippen LogP contribution in [0.3, 0.4) is 0 Å². The summed E-state index contributed by atoms with van der Waals surface area (Å²) in [6.45, 7) is 4.45. The van der Waals surface area contributed by atoms with Crippen LogP contribution < -0.4 is 4.72 Å². The van der Waals surface area contributed by atoms with Gasteiger partial charge >= 0.3 is 0 Å². The molecular formula is C10H17BrN4O3S. The highest BCUT2D eigenvalue weighted by Crippen LogP contribution is 2.26. The van der Waals surface area contributed by atoms with Gasteiger partial charge in [-0.05, 0) is 42.6 Å². The molecule has 1 aromatic heterocycles. The van der Waals surface area contributed by atoms with Gasteiger partial charge in [-0.15, -0.1) is 5.10 Å². The van der Waals surface area contributed by atoms with E-state index in [1.54, 1.807) is 7.05 Å². The van der Waals surface area contributed by atoms with Gasteiger partial charge in [-0.1, -0.05) is 5.21 Å². The Bertz CT molecular complexity index is 550. The van der Waals surface area contributed by atoms with Gasteiger partial charge in [0.25, 0.3) is 10.0 Å². The minimum absolute atomic E-state index is 0.0387. The van der Waals surface area contributed by atoms with Crippen LogP contribution in [-0.2, 0) is 21.8 Å². The number of hydrogen-bond acceptors (Lipinski definition) is 5. The van der Waals surface area contributed by atoms with Gasteiger partial charge in [-0.3, -0.25) is 0 Å². The first kappa shape index (κ1) is 14.9. The quantitative estimate of drug-likeness (QED) is 0.869. The van der Waals surface area contributed by atoms with Crippen molar-refractivity contribution in [3.8, 4) is 0 Å². The largest absolute Gasteiger partial charge is 0.375 e. The number of nitrogens with one attached hydrogen (secondary N) is 1. The molecule has 1 fully saturated rings. The molecule has 1 saturated heterocycles. The summed E-state index contributed by atoms with van der Waals surface area (Å²) in [5, 5.41) is 7.41. The number of sulfonamides is 1. The lowest BCUT2D eigenvalue weighted by Crippen LogP contribution is -2.46. The predicted octanol–water partition coefficient (Wildman–Crippen LogP) is 0.813. The Morgan fingerprint density at radius 2 is 2.21 bits per heavy atom. The molecule has 108 valence electrons. The average Bonchev–Trinajstić information content (AvgIpc) is 2.56. The van der Waals surface area contributed by atoms with Gasteiger partial charge < -0.3 is 4.74 Å². The van der Waals surface area contributed by atoms with E-state index >= 15 is 0 Å². The smallest absolute Gasteiger partial charge is 0.260 e. The van der Waals surface area contributed by atoms with Gasteiger partial charge in [-0.25, -0.2) is 17.8 Å². The first-order valence-corrected chi connectivity index (χ1v) is 8.20. The normalized spacial score (nSPS) is 23.5. The van der Waals surface area contributed by atoms with E-state index in [0.717, 1.165) is 0 Å². The fourth-order valence-corrected chi connectivity index (χ4v) is 4.58. The number of ether oxygens (including phenoxy) is 1. The first-order chi connectivity index (χ1) is 8.71. The minimum atomic E-state index is -3.64. The fourth-order valence-electron chi connectivity index (χ4n) is 2.22. The second-order valence-corrected chi connectivity index (χ2v) is 7.61. The summed E-state index contributed by atoms with van der Waals surface area (Å²) >= 11 is 3.10. The van der Waals surface area contributed by atoms with Crippen LogP contribution in [0.1, 0.15) is 26.7 Å². The predicted molar refractivity (Wildman–Crippen MR) is 72.1 cm³/mol. The van der Waals surface area contributed by atoms with Crippen molar-refractivity contribution in [2.75, 3.05) is 6.61 Å². The number of hydrogen-bond donors (Lipinski definition) is 1. The minimum Gasteiger partial charge on any atom is -0.375 e. The molecule has 1 aromatic rings. The van der Waals surface area contributed by atoms with E-state index in [-0.39, 0.29) is 21.3 Å². The van der Waals surface area contributed by atoms with Crippen LogP contribution in [0.25, 0.3) is 0 Å². The van der Waals surface area contributed by atoms with Gasteiger partial charge in [0.05, 0.1) is 5.60 Å². The maximum absolute atomic E-state index is 12.3. The number of halogens is 1. The molecular weight excluding hydrogens is 336 g/mol. The van der Waals surface area contributed by atoms with Crippen molar-refractivity contribution in [1.82, 2.24) is 19.7 Å². The van der Waals surface area contributed by atoms with Crippen molar-refractivity contribution >= 4 is 26.0 Å². The summed E-state index contributed by atoms with van der Waals surface area (Å²) in [5.41, 5.74) is -0.312. The molecule has 9 heteroatoms. The fraction of sp³-hybridized carbons (Fsp3) is 0.800. The molecule has 1 aliphatic heterocycles. The van der Waals surface area contributed by atoms with Gasteiger partial charge in [0.2, 0.25) is 5.03 Å². The molecule has 0 amide bonds. The summed E-state index contributed by atoms with van der Waals surface area (Å²) < 4.78 is 34.4. The Morgan fingerprint density at radius 1 is 1.53 bits per heavy atom. The Kier molecular flexibility index (Phi) is 4.01. The lowest BCUT2D eigenvalue weighted by atomic mass is 9.95. The maximum atomic E-state index is 12.3. The molecule has 2 heterocycles. The molecule has 0 aromatic carbocycles. The van der Waals surface area contributed by atoms with Crippen molar-refractivity contribution in [2.24, 2.45) is 7.05 Å². The molecule has 7 nitrogen and oxygen atoms in total. The Morgan fingerprint density at radius 3 is 2.74 bits per heavy atom. The lowest BCUT2D eigenvalue weighted by molar-refractivity contribution is -0.0599. The standard InChI is InChI=1S/C10H17BrN4O3S/c1-10(2)6-7(4-5-18-10)13-19(16,17)9-8(11)12-14-15(9)3/h7,13H,4-6H2,1-3H3. The third kappa shape index (κ3) is 3.33. The van der Waals surface area contributed by atoms with E-state index in [0.29, 0.717) is 19.4 Å². The molecule has 1 aliphatic rings. The van der Waals surface area contributed by atoms with Crippen LogP contribution in [-0.4, -0.2) is 41.7 Å². The molecule has 0 spiro atoms. The second-order valence-electron chi connectivity index (χ2n) is 5.23. The topological polar surface area (TPSA) is 86.1 Å². The Hall–Kier alpha value is -0.510. The molecule has 1 N–H and O–H groups in total. The molecule has 2 rings (SSSR count). The highest BCUT2D eigenvalue weighted by Gasteiger charge is 2.33. The molecule has 1 unspecified atom stereocenters. The number of aromatic nitrogens is 3. The highest BCUT2D eigenvalue weighted by molar-refractivity contribution is 9.10. The average molecular weight is 353 g/mol. The maximum Gasteiger partial charge on any atom is 0.260 e. The zero-order valence-electron chi connectivity index (χ0n) is 11.1.